The summed E-state index contributed by atoms with van der Waals surface area (Å²) in [5.41, 5.74) is 6.87. The van der Waals surface area contributed by atoms with Crippen LogP contribution in [0.3, 0.4) is 0 Å². The summed E-state index contributed by atoms with van der Waals surface area (Å²) in [6.45, 7) is 19.5. The molecule has 0 saturated heterocycles. The van der Waals surface area contributed by atoms with Crippen LogP contribution in [0.15, 0.2) is 24.3 Å². The number of nitrogens with zero attached hydrogens (tertiary/aromatic N) is 2. The van der Waals surface area contributed by atoms with E-state index >= 15 is 0 Å². The van der Waals surface area contributed by atoms with Gasteiger partial charge in [-0.2, -0.15) is 0 Å². The van der Waals surface area contributed by atoms with Crippen LogP contribution in [0, 0.1) is 17.8 Å². The van der Waals surface area contributed by atoms with Crippen LogP contribution in [0.5, 0.6) is 0 Å². The number of hydrogen-bond donors (Lipinski definition) is 3. The molecular formula is C32H55N5O4. The Morgan fingerprint density at radius 1 is 0.878 bits per heavy atom. The minimum absolute atomic E-state index is 0.0945. The second-order valence-electron chi connectivity index (χ2n) is 12.3. The predicted molar refractivity (Wildman–Crippen MR) is 165 cm³/mol. The first-order chi connectivity index (χ1) is 19.2. The van der Waals surface area contributed by atoms with Crippen molar-refractivity contribution in [1.82, 2.24) is 20.4 Å². The molecule has 0 aromatic heterocycles. The number of benzene rings is 1. The molecule has 0 fully saturated rings. The Morgan fingerprint density at radius 3 is 1.95 bits per heavy atom. The molecule has 0 aliphatic carbocycles. The summed E-state index contributed by atoms with van der Waals surface area (Å²) < 4.78 is 0. The van der Waals surface area contributed by atoms with E-state index in [9.17, 15) is 19.2 Å². The second-order valence-corrected chi connectivity index (χ2v) is 12.3. The molecule has 0 radical (unpaired) electrons. The molecule has 4 N–H and O–H groups in total. The van der Waals surface area contributed by atoms with Gasteiger partial charge in [0.15, 0.2) is 0 Å². The molecule has 0 bridgehead atoms. The molecule has 0 heterocycles. The SMILES string of the molecule is CCCN(CCC)C(=O)c1cccc(C(=O)NC(CC(C)C)CN(C(=O)[C@H](C)N)[C@H](C(=O)NCC(C)C)C(C)C)c1. The van der Waals surface area contributed by atoms with Gasteiger partial charge in [0.2, 0.25) is 11.8 Å². The van der Waals surface area contributed by atoms with Crippen LogP contribution in [0.4, 0.5) is 0 Å². The fourth-order valence-corrected chi connectivity index (χ4v) is 4.90. The number of nitrogens with two attached hydrogens (primary N) is 1. The van der Waals surface area contributed by atoms with Crippen molar-refractivity contribution >= 4 is 23.6 Å². The number of nitrogens with one attached hydrogen (secondary N) is 2. The number of hydrogen-bond acceptors (Lipinski definition) is 5. The lowest BCUT2D eigenvalue weighted by Gasteiger charge is -2.37. The van der Waals surface area contributed by atoms with Crippen molar-refractivity contribution < 1.29 is 19.2 Å². The summed E-state index contributed by atoms with van der Waals surface area (Å²) >= 11 is 0. The zero-order valence-corrected chi connectivity index (χ0v) is 26.8. The molecule has 1 aromatic carbocycles. The molecule has 0 aliphatic rings. The highest BCUT2D eigenvalue weighted by Crippen LogP contribution is 2.18. The zero-order chi connectivity index (χ0) is 31.3. The Labute approximate surface area is 248 Å². The fourth-order valence-electron chi connectivity index (χ4n) is 4.90. The third-order valence-electron chi connectivity index (χ3n) is 6.75. The smallest absolute Gasteiger partial charge is 0.253 e. The molecule has 1 unspecified atom stereocenters. The molecule has 1 rings (SSSR count). The number of rotatable bonds is 17. The molecule has 0 saturated carbocycles. The summed E-state index contributed by atoms with van der Waals surface area (Å²) in [5, 5.41) is 6.05. The number of amides is 4. The van der Waals surface area contributed by atoms with Crippen molar-refractivity contribution in [3.05, 3.63) is 35.4 Å². The van der Waals surface area contributed by atoms with Crippen molar-refractivity contribution in [3.8, 4) is 0 Å². The molecule has 3 atom stereocenters. The second kappa shape index (κ2) is 17.8. The molecule has 1 aromatic rings. The first-order valence-electron chi connectivity index (χ1n) is 15.3. The number of carbonyl (C=O) groups excluding carboxylic acids is 4. The van der Waals surface area contributed by atoms with Crippen LogP contribution in [0.2, 0.25) is 0 Å². The maximum atomic E-state index is 13.5. The molecule has 0 aliphatic heterocycles. The summed E-state index contributed by atoms with van der Waals surface area (Å²) in [6, 6.07) is 4.79. The lowest BCUT2D eigenvalue weighted by molar-refractivity contribution is -0.143. The molecule has 232 valence electrons. The van der Waals surface area contributed by atoms with E-state index in [-0.39, 0.29) is 47.9 Å². The predicted octanol–water partition coefficient (Wildman–Crippen LogP) is 4.07. The Kier molecular flexibility index (Phi) is 15.6. The summed E-state index contributed by atoms with van der Waals surface area (Å²) in [7, 11) is 0. The van der Waals surface area contributed by atoms with Gasteiger partial charge in [0, 0.05) is 43.3 Å². The maximum Gasteiger partial charge on any atom is 0.253 e. The third-order valence-corrected chi connectivity index (χ3v) is 6.75. The first kappa shape index (κ1) is 36.1. The molecule has 41 heavy (non-hydrogen) atoms. The van der Waals surface area contributed by atoms with Crippen molar-refractivity contribution in [1.29, 1.82) is 0 Å². The quantitative estimate of drug-likeness (QED) is 0.259. The Morgan fingerprint density at radius 2 is 1.46 bits per heavy atom. The molecule has 9 heteroatoms. The average molecular weight is 574 g/mol. The minimum atomic E-state index is -0.804. The van der Waals surface area contributed by atoms with Gasteiger partial charge in [-0.3, -0.25) is 19.2 Å². The van der Waals surface area contributed by atoms with Crippen LogP contribution >= 0.6 is 0 Å². The van der Waals surface area contributed by atoms with Crippen molar-refractivity contribution in [2.45, 2.75) is 99.7 Å². The van der Waals surface area contributed by atoms with E-state index in [1.165, 1.54) is 4.90 Å². The Balaban J connectivity index is 3.31. The van der Waals surface area contributed by atoms with E-state index in [2.05, 4.69) is 10.6 Å². The van der Waals surface area contributed by atoms with Gasteiger partial charge in [-0.1, -0.05) is 61.5 Å². The lowest BCUT2D eigenvalue weighted by Crippen LogP contribution is -2.59. The minimum Gasteiger partial charge on any atom is -0.354 e. The number of carbonyl (C=O) groups is 4. The summed E-state index contributed by atoms with van der Waals surface area (Å²) in [6.07, 6.45) is 2.30. The van der Waals surface area contributed by atoms with E-state index in [0.29, 0.717) is 37.2 Å². The van der Waals surface area contributed by atoms with E-state index in [4.69, 9.17) is 5.73 Å². The van der Waals surface area contributed by atoms with E-state index in [0.717, 1.165) is 12.8 Å². The van der Waals surface area contributed by atoms with Gasteiger partial charge in [0.05, 0.1) is 6.04 Å². The van der Waals surface area contributed by atoms with Crippen LogP contribution in [0.25, 0.3) is 0 Å². The van der Waals surface area contributed by atoms with E-state index < -0.39 is 18.1 Å². The van der Waals surface area contributed by atoms with Gasteiger partial charge < -0.3 is 26.2 Å². The van der Waals surface area contributed by atoms with Crippen LogP contribution in [-0.2, 0) is 9.59 Å². The summed E-state index contributed by atoms with van der Waals surface area (Å²) in [4.78, 5) is 56.6. The van der Waals surface area contributed by atoms with Crippen molar-refractivity contribution in [2.75, 3.05) is 26.2 Å². The van der Waals surface area contributed by atoms with Crippen molar-refractivity contribution in [3.63, 3.8) is 0 Å². The lowest BCUT2D eigenvalue weighted by atomic mass is 9.97. The van der Waals surface area contributed by atoms with Gasteiger partial charge in [0.25, 0.3) is 11.8 Å². The highest BCUT2D eigenvalue weighted by atomic mass is 16.2. The summed E-state index contributed by atoms with van der Waals surface area (Å²) in [5.74, 6) is -0.694. The van der Waals surface area contributed by atoms with Crippen LogP contribution < -0.4 is 16.4 Å². The maximum absolute atomic E-state index is 13.5. The average Bonchev–Trinajstić information content (AvgIpc) is 2.89. The first-order valence-corrected chi connectivity index (χ1v) is 15.3. The monoisotopic (exact) mass is 573 g/mol. The Hall–Kier alpha value is -2.94. The van der Waals surface area contributed by atoms with Gasteiger partial charge in [-0.15, -0.1) is 0 Å². The molecule has 0 spiro atoms. The van der Waals surface area contributed by atoms with Crippen LogP contribution in [-0.4, -0.2) is 77.7 Å². The highest BCUT2D eigenvalue weighted by Gasteiger charge is 2.35. The van der Waals surface area contributed by atoms with Gasteiger partial charge in [-0.25, -0.2) is 0 Å². The molecule has 9 nitrogen and oxygen atoms in total. The van der Waals surface area contributed by atoms with Crippen molar-refractivity contribution in [2.24, 2.45) is 23.5 Å². The van der Waals surface area contributed by atoms with Gasteiger partial charge in [-0.05, 0) is 62.1 Å². The van der Waals surface area contributed by atoms with Gasteiger partial charge in [0.1, 0.15) is 6.04 Å². The Bertz CT molecular complexity index is 986. The fraction of sp³-hybridized carbons (Fsp3) is 0.688. The normalized spacial score (nSPS) is 13.6. The molecule has 4 amide bonds. The molecular weight excluding hydrogens is 518 g/mol. The topological polar surface area (TPSA) is 125 Å². The van der Waals surface area contributed by atoms with Crippen LogP contribution in [0.1, 0.15) is 102 Å². The largest absolute Gasteiger partial charge is 0.354 e. The zero-order valence-electron chi connectivity index (χ0n) is 26.8. The standard InChI is InChI=1S/C32H55N5O4/c1-10-15-36(16-11-2)32(41)26-14-12-13-25(18-26)29(38)35-27(17-21(3)4)20-37(31(40)24(9)33)28(23(7)8)30(39)34-19-22(5)6/h12-14,18,21-24,27-28H,10-11,15-17,19-20,33H2,1-9H3,(H,34,39)(H,35,38)/t24-,27?,28-/m0/s1. The van der Waals surface area contributed by atoms with E-state index in [1.54, 1.807) is 31.2 Å². The van der Waals surface area contributed by atoms with E-state index in [1.807, 2.05) is 60.3 Å². The third kappa shape index (κ3) is 11.8. The highest BCUT2D eigenvalue weighted by molar-refractivity contribution is 6.00. The van der Waals surface area contributed by atoms with Gasteiger partial charge >= 0.3 is 0 Å².